The van der Waals surface area contributed by atoms with Gasteiger partial charge in [0.15, 0.2) is 0 Å². The Morgan fingerprint density at radius 2 is 2.15 bits per heavy atom. The maximum absolute atomic E-state index is 13.0. The van der Waals surface area contributed by atoms with Crippen molar-refractivity contribution in [2.45, 2.75) is 32.7 Å². The van der Waals surface area contributed by atoms with Crippen LogP contribution in [-0.2, 0) is 4.79 Å². The highest BCUT2D eigenvalue weighted by Crippen LogP contribution is 2.34. The Bertz CT molecular complexity index is 833. The van der Waals surface area contributed by atoms with Crippen LogP contribution in [0.25, 0.3) is 0 Å². The lowest BCUT2D eigenvalue weighted by molar-refractivity contribution is -0.116. The quantitative estimate of drug-likeness (QED) is 0.866. The average Bonchev–Trinajstić information content (AvgIpc) is 3.11. The highest BCUT2D eigenvalue weighted by Gasteiger charge is 2.31. The molecule has 0 saturated heterocycles. The van der Waals surface area contributed by atoms with E-state index in [4.69, 9.17) is 0 Å². The molecule has 1 atom stereocenters. The highest BCUT2D eigenvalue weighted by molar-refractivity contribution is 7.12. The van der Waals surface area contributed by atoms with Gasteiger partial charge >= 0.3 is 0 Å². The number of amides is 3. The monoisotopic (exact) mass is 371 g/mol. The molecule has 3 rings (SSSR count). The van der Waals surface area contributed by atoms with Crippen LogP contribution in [0.1, 0.15) is 46.7 Å². The van der Waals surface area contributed by atoms with E-state index < -0.39 is 0 Å². The number of thiophene rings is 1. The number of rotatable bonds is 4. The molecule has 1 aromatic heterocycles. The van der Waals surface area contributed by atoms with Gasteiger partial charge in [-0.15, -0.1) is 11.3 Å². The summed E-state index contributed by atoms with van der Waals surface area (Å²) < 4.78 is 0. The van der Waals surface area contributed by atoms with Gasteiger partial charge in [0.1, 0.15) is 0 Å². The van der Waals surface area contributed by atoms with Crippen molar-refractivity contribution < 1.29 is 14.4 Å². The second-order valence-electron chi connectivity index (χ2n) is 6.24. The first-order valence-corrected chi connectivity index (χ1v) is 9.48. The Morgan fingerprint density at radius 3 is 2.85 bits per heavy atom. The molecule has 7 heteroatoms. The van der Waals surface area contributed by atoms with E-state index in [9.17, 15) is 14.4 Å². The van der Waals surface area contributed by atoms with Gasteiger partial charge in [-0.1, -0.05) is 13.0 Å². The lowest BCUT2D eigenvalue weighted by atomic mass is 10.1. The lowest BCUT2D eigenvalue weighted by Gasteiger charge is -2.27. The topological polar surface area (TPSA) is 78.5 Å². The van der Waals surface area contributed by atoms with Crippen LogP contribution < -0.4 is 15.5 Å². The Labute approximate surface area is 156 Å². The summed E-state index contributed by atoms with van der Waals surface area (Å²) in [5.74, 6) is -0.517. The molecule has 2 N–H and O–H groups in total. The van der Waals surface area contributed by atoms with Gasteiger partial charge in [-0.05, 0) is 43.0 Å². The Kier molecular flexibility index (Phi) is 5.37. The standard InChI is InChI=1S/C19H21N3O3S/c1-3-8-20-18(24)13-6-7-15-14(11-13)21-17(23)10-12(2)22(15)19(25)16-5-4-9-26-16/h4-7,9,11-12H,3,8,10H2,1-2H3,(H,20,24)(H,21,23). The number of fused-ring (bicyclic) bond motifs is 1. The number of anilines is 2. The van der Waals surface area contributed by atoms with E-state index in [1.807, 2.05) is 25.3 Å². The van der Waals surface area contributed by atoms with Crippen LogP contribution in [0.15, 0.2) is 35.7 Å². The molecule has 3 amide bonds. The molecule has 1 unspecified atom stereocenters. The van der Waals surface area contributed by atoms with E-state index in [0.29, 0.717) is 28.4 Å². The van der Waals surface area contributed by atoms with Crippen LogP contribution in [0, 0.1) is 0 Å². The van der Waals surface area contributed by atoms with Crippen molar-refractivity contribution in [3.8, 4) is 0 Å². The van der Waals surface area contributed by atoms with Crippen molar-refractivity contribution in [1.82, 2.24) is 5.32 Å². The molecule has 0 bridgehead atoms. The Balaban J connectivity index is 2.00. The molecule has 1 aliphatic heterocycles. The fourth-order valence-corrected chi connectivity index (χ4v) is 3.61. The number of carbonyl (C=O) groups is 3. The smallest absolute Gasteiger partial charge is 0.268 e. The summed E-state index contributed by atoms with van der Waals surface area (Å²) in [5.41, 5.74) is 1.54. The van der Waals surface area contributed by atoms with E-state index in [0.717, 1.165) is 6.42 Å². The zero-order valence-corrected chi connectivity index (χ0v) is 15.6. The number of hydrogen-bond acceptors (Lipinski definition) is 4. The highest BCUT2D eigenvalue weighted by atomic mass is 32.1. The minimum atomic E-state index is -0.286. The van der Waals surface area contributed by atoms with Gasteiger partial charge in [0.05, 0.1) is 16.3 Å². The van der Waals surface area contributed by atoms with Gasteiger partial charge in [-0.3, -0.25) is 14.4 Å². The fraction of sp³-hybridized carbons (Fsp3) is 0.316. The number of nitrogens with one attached hydrogen (secondary N) is 2. The number of nitrogens with zero attached hydrogens (tertiary/aromatic N) is 1. The zero-order valence-electron chi connectivity index (χ0n) is 14.7. The van der Waals surface area contributed by atoms with Gasteiger partial charge in [0, 0.05) is 24.6 Å². The third-order valence-electron chi connectivity index (χ3n) is 4.20. The first-order chi connectivity index (χ1) is 12.5. The molecule has 2 heterocycles. The van der Waals surface area contributed by atoms with Crippen molar-refractivity contribution in [3.63, 3.8) is 0 Å². The summed E-state index contributed by atoms with van der Waals surface area (Å²) in [4.78, 5) is 39.7. The van der Waals surface area contributed by atoms with Gasteiger partial charge < -0.3 is 15.5 Å². The molecule has 0 radical (unpaired) electrons. The number of carbonyl (C=O) groups excluding carboxylic acids is 3. The summed E-state index contributed by atoms with van der Waals surface area (Å²) in [6.45, 7) is 4.41. The fourth-order valence-electron chi connectivity index (χ4n) is 2.95. The molecule has 6 nitrogen and oxygen atoms in total. The normalized spacial score (nSPS) is 16.5. The first-order valence-electron chi connectivity index (χ1n) is 8.60. The van der Waals surface area contributed by atoms with Gasteiger partial charge in [-0.25, -0.2) is 0 Å². The van der Waals surface area contributed by atoms with Crippen LogP contribution in [-0.4, -0.2) is 30.3 Å². The summed E-state index contributed by atoms with van der Waals surface area (Å²) >= 11 is 1.37. The lowest BCUT2D eigenvalue weighted by Crippen LogP contribution is -2.38. The third-order valence-corrected chi connectivity index (χ3v) is 5.06. The average molecular weight is 371 g/mol. The molecule has 1 aromatic carbocycles. The molecular formula is C19H21N3O3S. The van der Waals surface area contributed by atoms with Crippen molar-refractivity contribution in [1.29, 1.82) is 0 Å². The van der Waals surface area contributed by atoms with Crippen molar-refractivity contribution in [3.05, 3.63) is 46.2 Å². The molecule has 1 aliphatic rings. The Morgan fingerprint density at radius 1 is 1.35 bits per heavy atom. The maximum atomic E-state index is 13.0. The molecule has 0 spiro atoms. The van der Waals surface area contributed by atoms with Crippen molar-refractivity contribution in [2.24, 2.45) is 0 Å². The molecule has 0 saturated carbocycles. The van der Waals surface area contributed by atoms with Gasteiger partial charge in [-0.2, -0.15) is 0 Å². The van der Waals surface area contributed by atoms with Crippen LogP contribution in [0.2, 0.25) is 0 Å². The van der Waals surface area contributed by atoms with E-state index in [1.165, 1.54) is 11.3 Å². The molecule has 0 fully saturated rings. The minimum absolute atomic E-state index is 0.145. The van der Waals surface area contributed by atoms with Gasteiger partial charge in [0.25, 0.3) is 11.8 Å². The van der Waals surface area contributed by atoms with Crippen molar-refractivity contribution in [2.75, 3.05) is 16.8 Å². The minimum Gasteiger partial charge on any atom is -0.352 e. The SMILES string of the molecule is CCCNC(=O)c1ccc2c(c1)NC(=O)CC(C)N2C(=O)c1cccs1. The second-order valence-corrected chi connectivity index (χ2v) is 7.19. The third kappa shape index (κ3) is 3.62. The molecule has 2 aromatic rings. The maximum Gasteiger partial charge on any atom is 0.268 e. The first kappa shape index (κ1) is 18.1. The number of hydrogen-bond donors (Lipinski definition) is 2. The predicted octanol–water partition coefficient (Wildman–Crippen LogP) is 3.27. The van der Waals surface area contributed by atoms with Crippen LogP contribution in [0.3, 0.4) is 0 Å². The summed E-state index contributed by atoms with van der Waals surface area (Å²) in [6.07, 6.45) is 1.04. The van der Waals surface area contributed by atoms with Crippen LogP contribution in [0.4, 0.5) is 11.4 Å². The van der Waals surface area contributed by atoms with E-state index in [-0.39, 0.29) is 30.2 Å². The summed E-state index contributed by atoms with van der Waals surface area (Å²) in [5, 5.41) is 7.49. The summed E-state index contributed by atoms with van der Waals surface area (Å²) in [6, 6.07) is 8.35. The Hall–Kier alpha value is -2.67. The van der Waals surface area contributed by atoms with Crippen molar-refractivity contribution >= 4 is 40.4 Å². The van der Waals surface area contributed by atoms with Crippen LogP contribution in [0.5, 0.6) is 0 Å². The molecular weight excluding hydrogens is 350 g/mol. The van der Waals surface area contributed by atoms with E-state index >= 15 is 0 Å². The van der Waals surface area contributed by atoms with Gasteiger partial charge in [0.2, 0.25) is 5.91 Å². The molecule has 26 heavy (non-hydrogen) atoms. The second kappa shape index (κ2) is 7.70. The van der Waals surface area contributed by atoms with Crippen LogP contribution >= 0.6 is 11.3 Å². The molecule has 0 aliphatic carbocycles. The zero-order chi connectivity index (χ0) is 18.7. The predicted molar refractivity (Wildman–Crippen MR) is 103 cm³/mol. The number of benzene rings is 1. The summed E-state index contributed by atoms with van der Waals surface area (Å²) in [7, 11) is 0. The van der Waals surface area contributed by atoms with E-state index in [2.05, 4.69) is 10.6 Å². The molecule has 136 valence electrons. The largest absolute Gasteiger partial charge is 0.352 e. The van der Waals surface area contributed by atoms with E-state index in [1.54, 1.807) is 29.2 Å².